The van der Waals surface area contributed by atoms with E-state index in [2.05, 4.69) is 26.4 Å². The van der Waals surface area contributed by atoms with Crippen LogP contribution in [0.25, 0.3) is 0 Å². The van der Waals surface area contributed by atoms with Gasteiger partial charge in [-0.15, -0.1) is 0 Å². The molecule has 0 aliphatic heterocycles. The molecule has 0 saturated carbocycles. The highest BCUT2D eigenvalue weighted by Gasteiger charge is 2.08. The second-order valence-corrected chi connectivity index (χ2v) is 5.61. The molecular formula is C15H12BrClN2O2. The number of halogens is 2. The maximum Gasteiger partial charge on any atom is 0.255 e. The first-order valence-corrected chi connectivity index (χ1v) is 7.24. The van der Waals surface area contributed by atoms with Gasteiger partial charge < -0.3 is 10.5 Å². The standard InChI is InChI=1S/C15H12BrClN2O2/c1-9(19-21)10-2-5-12(6-3-10)18-15(20)11-4-7-14(17)13(16)8-11/h2-8,21H,1H3,(H,18,20)/b19-9-. The Morgan fingerprint density at radius 3 is 2.38 bits per heavy atom. The number of hydrogen-bond acceptors (Lipinski definition) is 3. The smallest absolute Gasteiger partial charge is 0.255 e. The molecule has 0 unspecified atom stereocenters. The van der Waals surface area contributed by atoms with Crippen molar-refractivity contribution in [3.8, 4) is 0 Å². The fraction of sp³-hybridized carbons (Fsp3) is 0.0667. The zero-order valence-electron chi connectivity index (χ0n) is 11.1. The Hall–Kier alpha value is -1.85. The Labute approximate surface area is 135 Å². The summed E-state index contributed by atoms with van der Waals surface area (Å²) in [7, 11) is 0. The van der Waals surface area contributed by atoms with Gasteiger partial charge in [0.2, 0.25) is 0 Å². The second kappa shape index (κ2) is 6.74. The molecule has 21 heavy (non-hydrogen) atoms. The van der Waals surface area contributed by atoms with E-state index in [4.69, 9.17) is 16.8 Å². The third kappa shape index (κ3) is 3.83. The highest BCUT2D eigenvalue weighted by Crippen LogP contribution is 2.23. The van der Waals surface area contributed by atoms with E-state index < -0.39 is 0 Å². The highest BCUT2D eigenvalue weighted by atomic mass is 79.9. The van der Waals surface area contributed by atoms with Crippen LogP contribution in [0.1, 0.15) is 22.8 Å². The van der Waals surface area contributed by atoms with Crippen LogP contribution in [0.4, 0.5) is 5.69 Å². The Morgan fingerprint density at radius 2 is 1.81 bits per heavy atom. The van der Waals surface area contributed by atoms with Crippen molar-refractivity contribution in [1.29, 1.82) is 0 Å². The number of nitrogens with zero attached hydrogens (tertiary/aromatic N) is 1. The zero-order chi connectivity index (χ0) is 15.4. The van der Waals surface area contributed by atoms with Crippen LogP contribution >= 0.6 is 27.5 Å². The molecule has 6 heteroatoms. The summed E-state index contributed by atoms with van der Waals surface area (Å²) in [6.45, 7) is 1.69. The molecule has 2 rings (SSSR count). The Kier molecular flexibility index (Phi) is 4.98. The van der Waals surface area contributed by atoms with Crippen LogP contribution in [0, 0.1) is 0 Å². The summed E-state index contributed by atoms with van der Waals surface area (Å²) in [4.78, 5) is 12.1. The van der Waals surface area contributed by atoms with Gasteiger partial charge in [-0.25, -0.2) is 0 Å². The first-order chi connectivity index (χ1) is 10.0. The molecule has 2 aromatic rings. The van der Waals surface area contributed by atoms with E-state index in [1.807, 2.05) is 0 Å². The van der Waals surface area contributed by atoms with Crippen molar-refractivity contribution >= 4 is 44.8 Å². The molecule has 0 aliphatic carbocycles. The van der Waals surface area contributed by atoms with Crippen LogP contribution in [0.5, 0.6) is 0 Å². The summed E-state index contributed by atoms with van der Waals surface area (Å²) >= 11 is 9.18. The van der Waals surface area contributed by atoms with Crippen molar-refractivity contribution in [2.24, 2.45) is 5.16 Å². The van der Waals surface area contributed by atoms with Crippen molar-refractivity contribution in [3.63, 3.8) is 0 Å². The number of carbonyl (C=O) groups excluding carboxylic acids is 1. The van der Waals surface area contributed by atoms with Gasteiger partial charge in [-0.2, -0.15) is 0 Å². The van der Waals surface area contributed by atoms with Crippen LogP contribution in [0.2, 0.25) is 5.02 Å². The molecule has 2 aromatic carbocycles. The number of nitrogens with one attached hydrogen (secondary N) is 1. The second-order valence-electron chi connectivity index (χ2n) is 4.35. The minimum atomic E-state index is -0.229. The van der Waals surface area contributed by atoms with Crippen LogP contribution in [0.3, 0.4) is 0 Å². The molecule has 0 aliphatic rings. The van der Waals surface area contributed by atoms with E-state index in [1.165, 1.54) is 0 Å². The van der Waals surface area contributed by atoms with Gasteiger partial charge >= 0.3 is 0 Å². The monoisotopic (exact) mass is 366 g/mol. The average molecular weight is 368 g/mol. The number of rotatable bonds is 3. The van der Waals surface area contributed by atoms with Gasteiger partial charge in [-0.05, 0) is 58.7 Å². The van der Waals surface area contributed by atoms with Gasteiger partial charge in [0.25, 0.3) is 5.91 Å². The maximum absolute atomic E-state index is 12.1. The summed E-state index contributed by atoms with van der Waals surface area (Å²) in [6, 6.07) is 12.0. The SMILES string of the molecule is C/C(=N/O)c1ccc(NC(=O)c2ccc(Cl)c(Br)c2)cc1. The van der Waals surface area contributed by atoms with Crippen LogP contribution in [-0.4, -0.2) is 16.8 Å². The van der Waals surface area contributed by atoms with E-state index in [-0.39, 0.29) is 5.91 Å². The molecule has 0 radical (unpaired) electrons. The molecule has 1 amide bonds. The van der Waals surface area contributed by atoms with Crippen LogP contribution < -0.4 is 5.32 Å². The number of hydrogen-bond donors (Lipinski definition) is 2. The summed E-state index contributed by atoms with van der Waals surface area (Å²) in [5, 5.41) is 15.2. The summed E-state index contributed by atoms with van der Waals surface area (Å²) < 4.78 is 0.668. The Balaban J connectivity index is 2.14. The first kappa shape index (κ1) is 15.5. The lowest BCUT2D eigenvalue weighted by Crippen LogP contribution is -2.12. The third-order valence-corrected chi connectivity index (χ3v) is 4.11. The fourth-order valence-corrected chi connectivity index (χ4v) is 2.19. The Morgan fingerprint density at radius 1 is 1.19 bits per heavy atom. The lowest BCUT2D eigenvalue weighted by molar-refractivity contribution is 0.102. The van der Waals surface area contributed by atoms with Crippen molar-refractivity contribution in [3.05, 3.63) is 63.1 Å². The van der Waals surface area contributed by atoms with Gasteiger partial charge in [-0.3, -0.25) is 4.79 Å². The molecule has 4 nitrogen and oxygen atoms in total. The van der Waals surface area contributed by atoms with Crippen molar-refractivity contribution < 1.29 is 10.0 Å². The predicted octanol–water partition coefficient (Wildman–Crippen LogP) is 4.55. The first-order valence-electron chi connectivity index (χ1n) is 6.07. The number of oxime groups is 1. The topological polar surface area (TPSA) is 61.7 Å². The van der Waals surface area contributed by atoms with Gasteiger partial charge in [0, 0.05) is 15.7 Å². The number of amides is 1. The molecule has 0 spiro atoms. The van der Waals surface area contributed by atoms with E-state index in [0.29, 0.717) is 26.5 Å². The molecule has 2 N–H and O–H groups in total. The summed E-state index contributed by atoms with van der Waals surface area (Å²) in [5.41, 5.74) is 2.45. The fourth-order valence-electron chi connectivity index (χ4n) is 1.69. The van der Waals surface area contributed by atoms with Gasteiger partial charge in [-0.1, -0.05) is 28.9 Å². The third-order valence-electron chi connectivity index (χ3n) is 2.89. The van der Waals surface area contributed by atoms with Crippen molar-refractivity contribution in [1.82, 2.24) is 0 Å². The largest absolute Gasteiger partial charge is 0.411 e. The normalized spacial score (nSPS) is 11.3. The average Bonchev–Trinajstić information content (AvgIpc) is 2.50. The molecule has 0 atom stereocenters. The van der Waals surface area contributed by atoms with Crippen molar-refractivity contribution in [2.45, 2.75) is 6.92 Å². The molecule has 0 aromatic heterocycles. The minimum Gasteiger partial charge on any atom is -0.411 e. The van der Waals surface area contributed by atoms with Gasteiger partial charge in [0.1, 0.15) is 0 Å². The van der Waals surface area contributed by atoms with Gasteiger partial charge in [0.15, 0.2) is 0 Å². The molecule has 0 bridgehead atoms. The molecule has 0 fully saturated rings. The molecule has 108 valence electrons. The number of anilines is 1. The van der Waals surface area contributed by atoms with Crippen LogP contribution in [0.15, 0.2) is 52.1 Å². The van der Waals surface area contributed by atoms with Crippen LogP contribution in [-0.2, 0) is 0 Å². The van der Waals surface area contributed by atoms with E-state index in [1.54, 1.807) is 49.4 Å². The molecule has 0 heterocycles. The summed E-state index contributed by atoms with van der Waals surface area (Å²) in [5.74, 6) is -0.229. The molecule has 0 saturated heterocycles. The number of benzene rings is 2. The maximum atomic E-state index is 12.1. The van der Waals surface area contributed by atoms with Crippen molar-refractivity contribution in [2.75, 3.05) is 5.32 Å². The quantitative estimate of drug-likeness (QED) is 0.475. The van der Waals surface area contributed by atoms with Gasteiger partial charge in [0.05, 0.1) is 10.7 Å². The lowest BCUT2D eigenvalue weighted by atomic mass is 10.1. The molecular weight excluding hydrogens is 356 g/mol. The highest BCUT2D eigenvalue weighted by molar-refractivity contribution is 9.10. The van der Waals surface area contributed by atoms with E-state index in [9.17, 15) is 4.79 Å². The number of carbonyl (C=O) groups is 1. The summed E-state index contributed by atoms with van der Waals surface area (Å²) in [6.07, 6.45) is 0. The predicted molar refractivity (Wildman–Crippen MR) is 87.5 cm³/mol. The lowest BCUT2D eigenvalue weighted by Gasteiger charge is -2.07. The van der Waals surface area contributed by atoms with E-state index in [0.717, 1.165) is 5.56 Å². The zero-order valence-corrected chi connectivity index (χ0v) is 13.4. The Bertz CT molecular complexity index is 699. The van der Waals surface area contributed by atoms with E-state index >= 15 is 0 Å². The minimum absolute atomic E-state index is 0.229.